The summed E-state index contributed by atoms with van der Waals surface area (Å²) in [5.74, 6) is -1.32. The number of rotatable bonds is 5. The van der Waals surface area contributed by atoms with Crippen LogP contribution in [-0.4, -0.2) is 20.8 Å². The van der Waals surface area contributed by atoms with Gasteiger partial charge in [0.05, 0.1) is 12.1 Å². The van der Waals surface area contributed by atoms with E-state index in [1.165, 1.54) is 15.2 Å². The molecule has 0 atom stereocenters. The van der Waals surface area contributed by atoms with Gasteiger partial charge < -0.3 is 14.0 Å². The van der Waals surface area contributed by atoms with E-state index < -0.39 is 28.9 Å². The lowest BCUT2D eigenvalue weighted by Gasteiger charge is -2.19. The molecule has 0 N–H and O–H groups in total. The number of carbonyl (C=O) groups is 1. The predicted octanol–water partition coefficient (Wildman–Crippen LogP) is 6.45. The Bertz CT molecular complexity index is 1520. The Morgan fingerprint density at radius 2 is 1.81 bits per heavy atom. The fourth-order valence-corrected chi connectivity index (χ4v) is 3.97. The zero-order valence-electron chi connectivity index (χ0n) is 20.3. The van der Waals surface area contributed by atoms with Crippen LogP contribution in [0.5, 0.6) is 5.75 Å². The van der Waals surface area contributed by atoms with Crippen molar-refractivity contribution in [3.8, 4) is 5.75 Å². The summed E-state index contributed by atoms with van der Waals surface area (Å²) in [6, 6.07) is 12.1. The van der Waals surface area contributed by atoms with Crippen molar-refractivity contribution in [2.75, 3.05) is 0 Å². The van der Waals surface area contributed by atoms with Gasteiger partial charge in [0.2, 0.25) is 0 Å². The van der Waals surface area contributed by atoms with E-state index in [1.807, 2.05) is 12.1 Å². The van der Waals surface area contributed by atoms with Crippen LogP contribution in [0.2, 0.25) is 5.02 Å². The van der Waals surface area contributed by atoms with Crippen molar-refractivity contribution in [1.29, 1.82) is 0 Å². The lowest BCUT2D eigenvalue weighted by atomic mass is 10.1. The SMILES string of the molecule is Cc1cc(OCc2ccc(F)cc2F)c(Cl)c(=O)n1Cc1ccc2c(ccn2C(=O)OC(C)(C)C)c1. The maximum atomic E-state index is 13.9. The topological polar surface area (TPSA) is 62.5 Å². The zero-order valence-corrected chi connectivity index (χ0v) is 21.0. The second kappa shape index (κ2) is 9.78. The molecule has 0 aliphatic carbocycles. The molecule has 2 heterocycles. The Kier molecular flexibility index (Phi) is 6.91. The minimum atomic E-state index is -0.743. The van der Waals surface area contributed by atoms with Crippen molar-refractivity contribution in [2.45, 2.75) is 46.4 Å². The molecule has 0 saturated carbocycles. The molecule has 0 fully saturated rings. The first-order valence-corrected chi connectivity index (χ1v) is 11.6. The smallest absolute Gasteiger partial charge is 0.418 e. The molecule has 0 radical (unpaired) electrons. The lowest BCUT2D eigenvalue weighted by molar-refractivity contribution is 0.0544. The van der Waals surface area contributed by atoms with Crippen LogP contribution in [0.15, 0.2) is 59.5 Å². The second-order valence-corrected chi connectivity index (χ2v) is 9.82. The van der Waals surface area contributed by atoms with Crippen molar-refractivity contribution in [1.82, 2.24) is 9.13 Å². The number of hydrogen-bond donors (Lipinski definition) is 0. The van der Waals surface area contributed by atoms with E-state index in [0.717, 1.165) is 23.1 Å². The minimum Gasteiger partial charge on any atom is -0.487 e. The molecule has 0 spiro atoms. The molecule has 188 valence electrons. The highest BCUT2D eigenvalue weighted by Gasteiger charge is 2.19. The fraction of sp³-hybridized carbons (Fsp3) is 0.259. The standard InChI is InChI=1S/C27H25ClF2N2O4/c1-16-11-23(35-15-19-6-7-20(29)13-21(19)30)24(28)25(33)32(16)14-17-5-8-22-18(12-17)9-10-31(22)26(34)36-27(2,3)4/h5-13H,14-15H2,1-4H3. The van der Waals surface area contributed by atoms with Crippen LogP contribution in [0.25, 0.3) is 10.9 Å². The van der Waals surface area contributed by atoms with E-state index in [1.54, 1.807) is 52.1 Å². The highest BCUT2D eigenvalue weighted by molar-refractivity contribution is 6.31. The van der Waals surface area contributed by atoms with Gasteiger partial charge in [-0.25, -0.2) is 13.6 Å². The third kappa shape index (κ3) is 5.44. The first-order valence-electron chi connectivity index (χ1n) is 11.2. The van der Waals surface area contributed by atoms with Gasteiger partial charge in [0.1, 0.15) is 34.6 Å². The Hall–Kier alpha value is -3.65. The summed E-state index contributed by atoms with van der Waals surface area (Å²) in [5.41, 5.74) is 1.16. The summed E-state index contributed by atoms with van der Waals surface area (Å²) in [6.45, 7) is 7.18. The van der Waals surface area contributed by atoms with Gasteiger partial charge in [0, 0.05) is 35.0 Å². The molecule has 0 aliphatic heterocycles. The first kappa shape index (κ1) is 25.4. The number of benzene rings is 2. The van der Waals surface area contributed by atoms with Crippen molar-refractivity contribution >= 4 is 28.6 Å². The van der Waals surface area contributed by atoms with E-state index in [9.17, 15) is 18.4 Å². The van der Waals surface area contributed by atoms with Crippen LogP contribution in [0, 0.1) is 18.6 Å². The number of hydrogen-bond acceptors (Lipinski definition) is 4. The second-order valence-electron chi connectivity index (χ2n) is 9.44. The number of aromatic nitrogens is 2. The van der Waals surface area contributed by atoms with E-state index >= 15 is 0 Å². The third-order valence-electron chi connectivity index (χ3n) is 5.50. The molecule has 4 rings (SSSR count). The van der Waals surface area contributed by atoms with E-state index in [4.69, 9.17) is 21.1 Å². The van der Waals surface area contributed by atoms with Crippen LogP contribution in [0.1, 0.15) is 37.6 Å². The van der Waals surface area contributed by atoms with Gasteiger partial charge in [-0.05, 0) is 63.6 Å². The number of ether oxygens (including phenoxy) is 2. The molecular weight excluding hydrogens is 490 g/mol. The Labute approximate surface area is 211 Å². The van der Waals surface area contributed by atoms with Crippen molar-refractivity contribution in [3.05, 3.63) is 98.6 Å². The largest absolute Gasteiger partial charge is 0.487 e. The highest BCUT2D eigenvalue weighted by atomic mass is 35.5. The van der Waals surface area contributed by atoms with E-state index in [0.29, 0.717) is 11.2 Å². The number of fused-ring (bicyclic) bond motifs is 1. The van der Waals surface area contributed by atoms with Crippen LogP contribution in [-0.2, 0) is 17.9 Å². The molecular formula is C27H25ClF2N2O4. The van der Waals surface area contributed by atoms with Crippen LogP contribution in [0.3, 0.4) is 0 Å². The molecule has 0 aliphatic rings. The minimum absolute atomic E-state index is 0.115. The van der Waals surface area contributed by atoms with Crippen LogP contribution >= 0.6 is 11.6 Å². The van der Waals surface area contributed by atoms with Crippen LogP contribution in [0.4, 0.5) is 13.6 Å². The maximum absolute atomic E-state index is 13.9. The summed E-state index contributed by atoms with van der Waals surface area (Å²) in [5, 5.41) is 0.678. The predicted molar refractivity (Wildman–Crippen MR) is 134 cm³/mol. The number of pyridine rings is 1. The molecule has 6 nitrogen and oxygen atoms in total. The highest BCUT2D eigenvalue weighted by Crippen LogP contribution is 2.25. The van der Waals surface area contributed by atoms with Crippen LogP contribution < -0.4 is 10.3 Å². The van der Waals surface area contributed by atoms with Gasteiger partial charge in [-0.1, -0.05) is 17.7 Å². The zero-order chi connectivity index (χ0) is 26.2. The average Bonchev–Trinajstić information content (AvgIpc) is 3.21. The van der Waals surface area contributed by atoms with Gasteiger partial charge in [0.15, 0.2) is 0 Å². The van der Waals surface area contributed by atoms with Gasteiger partial charge >= 0.3 is 6.09 Å². The molecule has 36 heavy (non-hydrogen) atoms. The molecule has 4 aromatic rings. The molecule has 0 bridgehead atoms. The summed E-state index contributed by atoms with van der Waals surface area (Å²) in [7, 11) is 0. The van der Waals surface area contributed by atoms with Crippen molar-refractivity contribution < 1.29 is 23.0 Å². The summed E-state index contributed by atoms with van der Waals surface area (Å²) < 4.78 is 41.0. The van der Waals surface area contributed by atoms with E-state index in [-0.39, 0.29) is 29.5 Å². The molecule has 0 saturated heterocycles. The van der Waals surface area contributed by atoms with Crippen molar-refractivity contribution in [3.63, 3.8) is 0 Å². The number of nitrogens with zero attached hydrogens (tertiary/aromatic N) is 2. The van der Waals surface area contributed by atoms with Gasteiger partial charge in [-0.3, -0.25) is 9.36 Å². The lowest BCUT2D eigenvalue weighted by Crippen LogP contribution is -2.26. The van der Waals surface area contributed by atoms with Gasteiger partial charge in [0.25, 0.3) is 5.56 Å². The summed E-state index contributed by atoms with van der Waals surface area (Å²) in [6.07, 6.45) is 1.17. The number of carbonyl (C=O) groups excluding carboxylic acids is 1. The van der Waals surface area contributed by atoms with Gasteiger partial charge in [-0.2, -0.15) is 0 Å². The monoisotopic (exact) mass is 514 g/mol. The first-order chi connectivity index (χ1) is 16.9. The summed E-state index contributed by atoms with van der Waals surface area (Å²) >= 11 is 6.29. The molecule has 2 aromatic carbocycles. The van der Waals surface area contributed by atoms with Crippen molar-refractivity contribution in [2.24, 2.45) is 0 Å². The molecule has 0 unspecified atom stereocenters. The average molecular weight is 515 g/mol. The fourth-order valence-electron chi connectivity index (χ4n) is 3.75. The Morgan fingerprint density at radius 1 is 1.06 bits per heavy atom. The molecule has 2 aromatic heterocycles. The molecule has 0 amide bonds. The van der Waals surface area contributed by atoms with E-state index in [2.05, 4.69) is 0 Å². The Morgan fingerprint density at radius 3 is 2.50 bits per heavy atom. The quantitative estimate of drug-likeness (QED) is 0.307. The molecule has 9 heteroatoms. The number of aryl methyl sites for hydroxylation is 1. The normalized spacial score (nSPS) is 11.6. The maximum Gasteiger partial charge on any atom is 0.418 e. The third-order valence-corrected chi connectivity index (χ3v) is 5.85. The summed E-state index contributed by atoms with van der Waals surface area (Å²) in [4.78, 5) is 25.5. The Balaban J connectivity index is 1.55. The number of halogens is 3. The van der Waals surface area contributed by atoms with Gasteiger partial charge in [-0.15, -0.1) is 0 Å².